The summed E-state index contributed by atoms with van der Waals surface area (Å²) in [5, 5.41) is 2.64. The molecular formula is C14H21F3IN3O. The Kier molecular flexibility index (Phi) is 9.22. The summed E-state index contributed by atoms with van der Waals surface area (Å²) in [6.45, 7) is 4.65. The number of benzene rings is 1. The van der Waals surface area contributed by atoms with Crippen LogP contribution in [0.25, 0.3) is 0 Å². The van der Waals surface area contributed by atoms with Crippen molar-refractivity contribution < 1.29 is 17.9 Å². The van der Waals surface area contributed by atoms with E-state index in [9.17, 15) is 13.2 Å². The number of nitrogens with zero attached hydrogens (tertiary/aromatic N) is 1. The molecule has 0 aliphatic carbocycles. The molecule has 0 bridgehead atoms. The predicted octanol–water partition coefficient (Wildman–Crippen LogP) is 4.37. The number of para-hydroxylation sites is 2. The molecule has 0 unspecified atom stereocenters. The van der Waals surface area contributed by atoms with Crippen LogP contribution in [0.1, 0.15) is 26.7 Å². The van der Waals surface area contributed by atoms with E-state index in [0.29, 0.717) is 12.5 Å². The van der Waals surface area contributed by atoms with Crippen molar-refractivity contribution in [3.05, 3.63) is 24.3 Å². The van der Waals surface area contributed by atoms with E-state index in [1.54, 1.807) is 6.07 Å². The van der Waals surface area contributed by atoms with E-state index in [4.69, 9.17) is 5.73 Å². The summed E-state index contributed by atoms with van der Waals surface area (Å²) in [7, 11) is 0. The molecule has 0 spiro atoms. The summed E-state index contributed by atoms with van der Waals surface area (Å²) in [6, 6.07) is 5.69. The van der Waals surface area contributed by atoms with E-state index < -0.39 is 6.36 Å². The Hall–Kier alpha value is -1.19. The van der Waals surface area contributed by atoms with Crippen molar-refractivity contribution in [1.29, 1.82) is 0 Å². The fourth-order valence-electron chi connectivity index (χ4n) is 1.74. The van der Waals surface area contributed by atoms with Crippen molar-refractivity contribution >= 4 is 35.6 Å². The van der Waals surface area contributed by atoms with Crippen molar-refractivity contribution in [3.8, 4) is 5.75 Å². The quantitative estimate of drug-likeness (QED) is 0.400. The number of aliphatic imine (C=N–C) groups is 1. The maximum absolute atomic E-state index is 12.3. The Morgan fingerprint density at radius 2 is 1.86 bits per heavy atom. The Labute approximate surface area is 145 Å². The molecule has 1 aromatic carbocycles. The zero-order valence-corrected chi connectivity index (χ0v) is 14.8. The van der Waals surface area contributed by atoms with Crippen LogP contribution in [-0.2, 0) is 0 Å². The predicted molar refractivity (Wildman–Crippen MR) is 92.7 cm³/mol. The van der Waals surface area contributed by atoms with Gasteiger partial charge in [0, 0.05) is 6.54 Å². The molecule has 126 valence electrons. The molecule has 0 atom stereocenters. The summed E-state index contributed by atoms with van der Waals surface area (Å²) in [6.07, 6.45) is -2.80. The van der Waals surface area contributed by atoms with Gasteiger partial charge < -0.3 is 15.8 Å². The van der Waals surface area contributed by atoms with Crippen LogP contribution in [0.2, 0.25) is 0 Å². The molecule has 0 aliphatic rings. The average Bonchev–Trinajstić information content (AvgIpc) is 2.40. The summed E-state index contributed by atoms with van der Waals surface area (Å²) < 4.78 is 40.8. The molecule has 0 radical (unpaired) electrons. The van der Waals surface area contributed by atoms with E-state index in [1.165, 1.54) is 18.2 Å². The lowest BCUT2D eigenvalue weighted by Gasteiger charge is -2.14. The number of halogens is 4. The van der Waals surface area contributed by atoms with Gasteiger partial charge in [0.2, 0.25) is 0 Å². The van der Waals surface area contributed by atoms with Gasteiger partial charge in [0.15, 0.2) is 11.7 Å². The number of nitrogens with one attached hydrogen (secondary N) is 1. The summed E-state index contributed by atoms with van der Waals surface area (Å²) in [4.78, 5) is 4.15. The van der Waals surface area contributed by atoms with Crippen LogP contribution < -0.4 is 15.8 Å². The van der Waals surface area contributed by atoms with Gasteiger partial charge in [-0.15, -0.1) is 37.1 Å². The SMILES string of the molecule is CCC(CC)CN=C(N)Nc1ccccc1OC(F)(F)F.I. The van der Waals surface area contributed by atoms with Gasteiger partial charge >= 0.3 is 6.36 Å². The minimum absolute atomic E-state index is 0. The summed E-state index contributed by atoms with van der Waals surface area (Å²) in [5.74, 6) is 0.137. The fraction of sp³-hybridized carbons (Fsp3) is 0.500. The van der Waals surface area contributed by atoms with Crippen LogP contribution >= 0.6 is 24.0 Å². The second kappa shape index (κ2) is 9.75. The highest BCUT2D eigenvalue weighted by Gasteiger charge is 2.32. The van der Waals surface area contributed by atoms with Crippen molar-refractivity contribution in [2.75, 3.05) is 11.9 Å². The van der Waals surface area contributed by atoms with Crippen molar-refractivity contribution in [1.82, 2.24) is 0 Å². The Balaban J connectivity index is 0.00000441. The lowest BCUT2D eigenvalue weighted by Crippen LogP contribution is -2.25. The van der Waals surface area contributed by atoms with Crippen molar-refractivity contribution in [2.24, 2.45) is 16.6 Å². The number of guanidine groups is 1. The normalized spacial score (nSPS) is 12.0. The molecule has 1 rings (SSSR count). The van der Waals surface area contributed by atoms with E-state index in [1.807, 2.05) is 0 Å². The van der Waals surface area contributed by atoms with Crippen molar-refractivity contribution in [2.45, 2.75) is 33.1 Å². The summed E-state index contributed by atoms with van der Waals surface area (Å²) >= 11 is 0. The first-order valence-electron chi connectivity index (χ1n) is 6.77. The number of hydrogen-bond acceptors (Lipinski definition) is 2. The molecule has 0 amide bonds. The highest BCUT2D eigenvalue weighted by atomic mass is 127. The van der Waals surface area contributed by atoms with Gasteiger partial charge in [-0.2, -0.15) is 0 Å². The number of rotatable bonds is 6. The number of hydrogen-bond donors (Lipinski definition) is 2. The lowest BCUT2D eigenvalue weighted by atomic mass is 10.0. The van der Waals surface area contributed by atoms with Crippen molar-refractivity contribution in [3.63, 3.8) is 0 Å². The zero-order valence-electron chi connectivity index (χ0n) is 12.5. The second-order valence-corrected chi connectivity index (χ2v) is 4.58. The zero-order chi connectivity index (χ0) is 15.9. The van der Waals surface area contributed by atoms with Gasteiger partial charge in [-0.3, -0.25) is 4.99 Å². The van der Waals surface area contributed by atoms with Gasteiger partial charge in [0.25, 0.3) is 0 Å². The Morgan fingerprint density at radius 3 is 2.41 bits per heavy atom. The fourth-order valence-corrected chi connectivity index (χ4v) is 1.74. The van der Waals surface area contributed by atoms with Crippen LogP contribution in [-0.4, -0.2) is 18.9 Å². The highest BCUT2D eigenvalue weighted by Crippen LogP contribution is 2.29. The second-order valence-electron chi connectivity index (χ2n) is 4.58. The molecule has 22 heavy (non-hydrogen) atoms. The first kappa shape index (κ1) is 20.8. The van der Waals surface area contributed by atoms with Gasteiger partial charge in [-0.05, 0) is 18.1 Å². The largest absolute Gasteiger partial charge is 0.573 e. The molecule has 0 saturated heterocycles. The third-order valence-corrected chi connectivity index (χ3v) is 3.05. The monoisotopic (exact) mass is 431 g/mol. The molecule has 0 saturated carbocycles. The maximum Gasteiger partial charge on any atom is 0.573 e. The first-order valence-corrected chi connectivity index (χ1v) is 6.77. The van der Waals surface area contributed by atoms with Gasteiger partial charge in [-0.1, -0.05) is 38.8 Å². The first-order chi connectivity index (χ1) is 9.85. The van der Waals surface area contributed by atoms with Crippen LogP contribution in [0.15, 0.2) is 29.3 Å². The number of nitrogens with two attached hydrogens (primary N) is 1. The standard InChI is InChI=1S/C14H20F3N3O.HI/c1-3-10(4-2)9-19-13(18)20-11-7-5-6-8-12(11)21-14(15,16)17;/h5-8,10H,3-4,9H2,1-2H3,(H3,18,19,20);1H. The molecule has 8 heteroatoms. The van der Waals surface area contributed by atoms with Crippen LogP contribution in [0.3, 0.4) is 0 Å². The Bertz CT molecular complexity index is 477. The van der Waals surface area contributed by atoms with E-state index in [0.717, 1.165) is 12.8 Å². The van der Waals surface area contributed by atoms with Crippen LogP contribution in [0.4, 0.5) is 18.9 Å². The van der Waals surface area contributed by atoms with E-state index >= 15 is 0 Å². The minimum Gasteiger partial charge on any atom is -0.404 e. The average molecular weight is 431 g/mol. The summed E-state index contributed by atoms with van der Waals surface area (Å²) in [5.41, 5.74) is 5.82. The molecule has 1 aromatic rings. The molecule has 0 fully saturated rings. The maximum atomic E-state index is 12.3. The highest BCUT2D eigenvalue weighted by molar-refractivity contribution is 14.0. The van der Waals surface area contributed by atoms with Gasteiger partial charge in [-0.25, -0.2) is 0 Å². The molecule has 0 aliphatic heterocycles. The lowest BCUT2D eigenvalue weighted by molar-refractivity contribution is -0.274. The Morgan fingerprint density at radius 1 is 1.27 bits per heavy atom. The number of anilines is 1. The topological polar surface area (TPSA) is 59.6 Å². The van der Waals surface area contributed by atoms with Gasteiger partial charge in [0.05, 0.1) is 5.69 Å². The third-order valence-electron chi connectivity index (χ3n) is 3.05. The third kappa shape index (κ3) is 7.71. The van der Waals surface area contributed by atoms with Crippen LogP contribution in [0, 0.1) is 5.92 Å². The molecule has 0 heterocycles. The molecular weight excluding hydrogens is 410 g/mol. The molecule has 3 N–H and O–H groups in total. The molecule has 0 aromatic heterocycles. The smallest absolute Gasteiger partial charge is 0.404 e. The number of alkyl halides is 3. The van der Waals surface area contributed by atoms with Crippen LogP contribution in [0.5, 0.6) is 5.75 Å². The number of ether oxygens (including phenoxy) is 1. The minimum atomic E-state index is -4.75. The van der Waals surface area contributed by atoms with Gasteiger partial charge in [0.1, 0.15) is 0 Å². The molecule has 4 nitrogen and oxygen atoms in total. The van der Waals surface area contributed by atoms with E-state index in [2.05, 4.69) is 28.9 Å². The van der Waals surface area contributed by atoms with E-state index in [-0.39, 0.29) is 41.4 Å².